The molecule has 88 valence electrons. The molecule has 15 heavy (non-hydrogen) atoms. The number of aliphatic hydroxyl groups is 1. The highest BCUT2D eigenvalue weighted by Gasteiger charge is 2.43. The van der Waals surface area contributed by atoms with E-state index in [-0.39, 0.29) is 29.5 Å². The topological polar surface area (TPSA) is 75.4 Å². The van der Waals surface area contributed by atoms with Crippen molar-refractivity contribution >= 4 is 5.91 Å². The third kappa shape index (κ3) is 3.47. The lowest BCUT2D eigenvalue weighted by molar-refractivity contribution is -0.123. The van der Waals surface area contributed by atoms with Crippen LogP contribution in [0.5, 0.6) is 0 Å². The fourth-order valence-electron chi connectivity index (χ4n) is 1.33. The maximum atomic E-state index is 11.6. The molecule has 0 saturated heterocycles. The minimum Gasteiger partial charge on any atom is -0.394 e. The number of carbonyl (C=O) groups is 1. The Morgan fingerprint density at radius 1 is 1.53 bits per heavy atom. The molecule has 0 spiro atoms. The molecule has 1 rings (SSSR count). The average molecular weight is 214 g/mol. The minimum atomic E-state index is -0.325. The Kier molecular flexibility index (Phi) is 3.41. The van der Waals surface area contributed by atoms with Gasteiger partial charge < -0.3 is 16.2 Å². The van der Waals surface area contributed by atoms with Crippen LogP contribution in [0.4, 0.5) is 0 Å². The molecule has 1 fully saturated rings. The molecule has 1 unspecified atom stereocenters. The number of nitrogens with one attached hydrogen (secondary N) is 1. The molecule has 0 aromatic rings. The second-order valence-electron chi connectivity index (χ2n) is 5.66. The van der Waals surface area contributed by atoms with Gasteiger partial charge in [0.15, 0.2) is 0 Å². The Hall–Kier alpha value is -0.610. The van der Waals surface area contributed by atoms with E-state index in [1.165, 1.54) is 0 Å². The molecule has 4 heteroatoms. The van der Waals surface area contributed by atoms with Crippen LogP contribution in [0.2, 0.25) is 0 Å². The van der Waals surface area contributed by atoms with Crippen molar-refractivity contribution in [3.63, 3.8) is 0 Å². The SMILES string of the molecule is CC(C)(C)C(N)CC(=O)NC1(CO)CC1. The number of aliphatic hydroxyl groups excluding tert-OH is 1. The molecule has 1 amide bonds. The Bertz CT molecular complexity index is 241. The quantitative estimate of drug-likeness (QED) is 0.633. The lowest BCUT2D eigenvalue weighted by Crippen LogP contribution is -2.45. The van der Waals surface area contributed by atoms with E-state index in [0.29, 0.717) is 6.42 Å². The van der Waals surface area contributed by atoms with Crippen LogP contribution in [-0.2, 0) is 4.79 Å². The highest BCUT2D eigenvalue weighted by molar-refractivity contribution is 5.78. The van der Waals surface area contributed by atoms with E-state index in [4.69, 9.17) is 10.8 Å². The average Bonchev–Trinajstić information content (AvgIpc) is 2.83. The van der Waals surface area contributed by atoms with Crippen LogP contribution in [0.25, 0.3) is 0 Å². The summed E-state index contributed by atoms with van der Waals surface area (Å²) in [5, 5.41) is 11.9. The lowest BCUT2D eigenvalue weighted by Gasteiger charge is -2.27. The van der Waals surface area contributed by atoms with Crippen molar-refractivity contribution in [1.29, 1.82) is 0 Å². The van der Waals surface area contributed by atoms with Gasteiger partial charge in [0.05, 0.1) is 12.1 Å². The van der Waals surface area contributed by atoms with Gasteiger partial charge in [0.1, 0.15) is 0 Å². The standard InChI is InChI=1S/C11H22N2O2/c1-10(2,3)8(12)6-9(15)13-11(7-14)4-5-11/h8,14H,4-7,12H2,1-3H3,(H,13,15). The molecule has 4 N–H and O–H groups in total. The zero-order valence-electron chi connectivity index (χ0n) is 9.84. The smallest absolute Gasteiger partial charge is 0.222 e. The van der Waals surface area contributed by atoms with E-state index in [1.807, 2.05) is 20.8 Å². The van der Waals surface area contributed by atoms with Crippen LogP contribution in [0.3, 0.4) is 0 Å². The van der Waals surface area contributed by atoms with Gasteiger partial charge in [-0.25, -0.2) is 0 Å². The van der Waals surface area contributed by atoms with Crippen molar-refractivity contribution in [1.82, 2.24) is 5.32 Å². The van der Waals surface area contributed by atoms with E-state index < -0.39 is 0 Å². The largest absolute Gasteiger partial charge is 0.394 e. The first-order valence-electron chi connectivity index (χ1n) is 5.46. The summed E-state index contributed by atoms with van der Waals surface area (Å²) in [5.74, 6) is -0.0519. The molecule has 0 aromatic heterocycles. The maximum absolute atomic E-state index is 11.6. The van der Waals surface area contributed by atoms with Gasteiger partial charge in [-0.05, 0) is 18.3 Å². The van der Waals surface area contributed by atoms with Gasteiger partial charge >= 0.3 is 0 Å². The lowest BCUT2D eigenvalue weighted by atomic mass is 9.85. The molecular weight excluding hydrogens is 192 g/mol. The number of hydrogen-bond donors (Lipinski definition) is 3. The Morgan fingerprint density at radius 2 is 2.07 bits per heavy atom. The minimum absolute atomic E-state index is 0.0312. The Balaban J connectivity index is 2.36. The van der Waals surface area contributed by atoms with E-state index in [0.717, 1.165) is 12.8 Å². The van der Waals surface area contributed by atoms with E-state index in [2.05, 4.69) is 5.32 Å². The summed E-state index contributed by atoms with van der Waals surface area (Å²) >= 11 is 0. The molecule has 0 heterocycles. The molecule has 1 atom stereocenters. The predicted molar refractivity (Wildman–Crippen MR) is 59.2 cm³/mol. The van der Waals surface area contributed by atoms with Gasteiger partial charge in [-0.15, -0.1) is 0 Å². The molecule has 4 nitrogen and oxygen atoms in total. The van der Waals surface area contributed by atoms with Crippen LogP contribution in [0, 0.1) is 5.41 Å². The van der Waals surface area contributed by atoms with Crippen LogP contribution in [0.1, 0.15) is 40.0 Å². The first-order valence-corrected chi connectivity index (χ1v) is 5.46. The van der Waals surface area contributed by atoms with E-state index >= 15 is 0 Å². The zero-order chi connectivity index (χ0) is 11.7. The van der Waals surface area contributed by atoms with Gasteiger partial charge in [0.2, 0.25) is 5.91 Å². The number of carbonyl (C=O) groups excluding carboxylic acids is 1. The van der Waals surface area contributed by atoms with Crippen molar-refractivity contribution in [2.24, 2.45) is 11.1 Å². The van der Waals surface area contributed by atoms with E-state index in [9.17, 15) is 4.79 Å². The second-order valence-corrected chi connectivity index (χ2v) is 5.66. The molecule has 0 aliphatic heterocycles. The van der Waals surface area contributed by atoms with Crippen LogP contribution >= 0.6 is 0 Å². The molecule has 1 aliphatic carbocycles. The van der Waals surface area contributed by atoms with Gasteiger partial charge in [-0.1, -0.05) is 20.8 Å². The fourth-order valence-corrected chi connectivity index (χ4v) is 1.33. The van der Waals surface area contributed by atoms with Crippen molar-refractivity contribution in [2.75, 3.05) is 6.61 Å². The first kappa shape index (κ1) is 12.5. The van der Waals surface area contributed by atoms with E-state index in [1.54, 1.807) is 0 Å². The molecule has 1 aliphatic rings. The van der Waals surface area contributed by atoms with Gasteiger partial charge in [0.25, 0.3) is 0 Å². The molecule has 0 bridgehead atoms. The number of hydrogen-bond acceptors (Lipinski definition) is 3. The third-order valence-corrected chi connectivity index (χ3v) is 3.08. The van der Waals surface area contributed by atoms with Gasteiger partial charge in [-0.2, -0.15) is 0 Å². The van der Waals surface area contributed by atoms with Crippen LogP contribution in [-0.4, -0.2) is 29.2 Å². The normalized spacial score (nSPS) is 20.9. The summed E-state index contributed by atoms with van der Waals surface area (Å²) in [6, 6.07) is -0.146. The summed E-state index contributed by atoms with van der Waals surface area (Å²) < 4.78 is 0. The summed E-state index contributed by atoms with van der Waals surface area (Å²) in [6.45, 7) is 6.08. The second kappa shape index (κ2) is 4.10. The molecular formula is C11H22N2O2. The monoisotopic (exact) mass is 214 g/mol. The molecule has 0 radical (unpaired) electrons. The van der Waals surface area contributed by atoms with Crippen molar-refractivity contribution in [3.8, 4) is 0 Å². The zero-order valence-corrected chi connectivity index (χ0v) is 9.84. The summed E-state index contributed by atoms with van der Waals surface area (Å²) in [7, 11) is 0. The predicted octanol–water partition coefficient (Wildman–Crippen LogP) is 0.391. The Morgan fingerprint density at radius 3 is 2.40 bits per heavy atom. The molecule has 0 aromatic carbocycles. The highest BCUT2D eigenvalue weighted by atomic mass is 16.3. The van der Waals surface area contributed by atoms with Crippen LogP contribution in [0.15, 0.2) is 0 Å². The molecule has 1 saturated carbocycles. The summed E-state index contributed by atoms with van der Waals surface area (Å²) in [4.78, 5) is 11.6. The number of nitrogens with two attached hydrogens (primary N) is 1. The Labute approximate surface area is 91.2 Å². The summed E-state index contributed by atoms with van der Waals surface area (Å²) in [6.07, 6.45) is 2.07. The summed E-state index contributed by atoms with van der Waals surface area (Å²) in [5.41, 5.74) is 5.52. The van der Waals surface area contributed by atoms with Gasteiger partial charge in [0, 0.05) is 12.5 Å². The third-order valence-electron chi connectivity index (χ3n) is 3.08. The first-order chi connectivity index (χ1) is 6.79. The highest BCUT2D eigenvalue weighted by Crippen LogP contribution is 2.34. The maximum Gasteiger partial charge on any atom is 0.222 e. The van der Waals surface area contributed by atoms with Gasteiger partial charge in [-0.3, -0.25) is 4.79 Å². The van der Waals surface area contributed by atoms with Crippen molar-refractivity contribution in [2.45, 2.75) is 51.6 Å². The number of rotatable bonds is 4. The van der Waals surface area contributed by atoms with Crippen molar-refractivity contribution in [3.05, 3.63) is 0 Å². The fraction of sp³-hybridized carbons (Fsp3) is 0.909. The number of amides is 1. The van der Waals surface area contributed by atoms with Crippen molar-refractivity contribution < 1.29 is 9.90 Å². The van der Waals surface area contributed by atoms with Crippen LogP contribution < -0.4 is 11.1 Å².